The van der Waals surface area contributed by atoms with Gasteiger partial charge in [0.2, 0.25) is 0 Å². The minimum atomic E-state index is -0.308. The lowest BCUT2D eigenvalue weighted by molar-refractivity contribution is 0.0948. The van der Waals surface area contributed by atoms with Crippen LogP contribution in [0.5, 0.6) is 0 Å². The summed E-state index contributed by atoms with van der Waals surface area (Å²) in [6.45, 7) is 0.403. The van der Waals surface area contributed by atoms with Crippen molar-refractivity contribution in [1.82, 2.24) is 15.1 Å². The maximum absolute atomic E-state index is 13.2. The SMILES string of the molecule is O=C(NCCc1cccc(F)c1)c1nn(-c2ccc(F)cc2)c2c1CCC2. The van der Waals surface area contributed by atoms with Crippen LogP contribution in [0.1, 0.15) is 33.7 Å². The number of hydrogen-bond acceptors (Lipinski definition) is 2. The molecule has 2 aromatic carbocycles. The van der Waals surface area contributed by atoms with Crippen LogP contribution in [0.4, 0.5) is 8.78 Å². The molecule has 1 heterocycles. The molecule has 1 amide bonds. The molecule has 4 nitrogen and oxygen atoms in total. The summed E-state index contributed by atoms with van der Waals surface area (Å²) < 4.78 is 28.2. The van der Waals surface area contributed by atoms with E-state index in [2.05, 4.69) is 10.4 Å². The van der Waals surface area contributed by atoms with Crippen molar-refractivity contribution in [3.05, 3.63) is 82.7 Å². The highest BCUT2D eigenvalue weighted by Gasteiger charge is 2.26. The fourth-order valence-corrected chi connectivity index (χ4v) is 3.51. The van der Waals surface area contributed by atoms with Gasteiger partial charge in [0.05, 0.1) is 5.69 Å². The summed E-state index contributed by atoms with van der Waals surface area (Å²) >= 11 is 0. The minimum absolute atomic E-state index is 0.231. The number of benzene rings is 2. The van der Waals surface area contributed by atoms with E-state index >= 15 is 0 Å². The first-order chi connectivity index (χ1) is 13.1. The number of halogens is 2. The molecule has 0 unspecified atom stereocenters. The molecule has 138 valence electrons. The van der Waals surface area contributed by atoms with Crippen LogP contribution >= 0.6 is 0 Å². The molecule has 3 aromatic rings. The van der Waals surface area contributed by atoms with Gasteiger partial charge in [-0.3, -0.25) is 4.79 Å². The zero-order chi connectivity index (χ0) is 18.8. The van der Waals surface area contributed by atoms with Crippen LogP contribution in [-0.2, 0) is 19.3 Å². The Bertz CT molecular complexity index is 980. The third kappa shape index (κ3) is 3.60. The van der Waals surface area contributed by atoms with Gasteiger partial charge in [0.1, 0.15) is 11.6 Å². The van der Waals surface area contributed by atoms with Crippen LogP contribution in [-0.4, -0.2) is 22.2 Å². The van der Waals surface area contributed by atoms with Crippen molar-refractivity contribution in [3.63, 3.8) is 0 Å². The van der Waals surface area contributed by atoms with Gasteiger partial charge in [0.15, 0.2) is 5.69 Å². The van der Waals surface area contributed by atoms with Crippen molar-refractivity contribution in [1.29, 1.82) is 0 Å². The maximum atomic E-state index is 13.2. The Labute approximate surface area is 155 Å². The van der Waals surface area contributed by atoms with Crippen LogP contribution in [0, 0.1) is 11.6 Å². The molecule has 1 aliphatic carbocycles. The molecule has 1 N–H and O–H groups in total. The second-order valence-electron chi connectivity index (χ2n) is 6.65. The van der Waals surface area contributed by atoms with E-state index < -0.39 is 0 Å². The summed E-state index contributed by atoms with van der Waals surface area (Å²) in [7, 11) is 0. The highest BCUT2D eigenvalue weighted by Crippen LogP contribution is 2.27. The van der Waals surface area contributed by atoms with Gasteiger partial charge in [0, 0.05) is 17.8 Å². The molecule has 4 rings (SSSR count). The summed E-state index contributed by atoms with van der Waals surface area (Å²) in [6, 6.07) is 12.4. The summed E-state index contributed by atoms with van der Waals surface area (Å²) in [5, 5.41) is 7.37. The van der Waals surface area contributed by atoms with Gasteiger partial charge < -0.3 is 5.32 Å². The topological polar surface area (TPSA) is 46.9 Å². The lowest BCUT2D eigenvalue weighted by atomic mass is 10.1. The van der Waals surface area contributed by atoms with Gasteiger partial charge in [-0.15, -0.1) is 0 Å². The van der Waals surface area contributed by atoms with Gasteiger partial charge >= 0.3 is 0 Å². The Morgan fingerprint density at radius 3 is 2.67 bits per heavy atom. The Kier molecular flexibility index (Phi) is 4.71. The molecular formula is C21H19F2N3O. The average Bonchev–Trinajstić information content (AvgIpc) is 3.25. The number of carbonyl (C=O) groups is 1. The average molecular weight is 367 g/mol. The van der Waals surface area contributed by atoms with E-state index in [1.54, 1.807) is 22.9 Å². The largest absolute Gasteiger partial charge is 0.350 e. The monoisotopic (exact) mass is 367 g/mol. The van der Waals surface area contributed by atoms with Gasteiger partial charge in [-0.05, 0) is 67.6 Å². The van der Waals surface area contributed by atoms with Crippen molar-refractivity contribution in [2.24, 2.45) is 0 Å². The van der Waals surface area contributed by atoms with Crippen LogP contribution in [0.25, 0.3) is 5.69 Å². The Morgan fingerprint density at radius 1 is 1.07 bits per heavy atom. The molecule has 0 fully saturated rings. The second-order valence-corrected chi connectivity index (χ2v) is 6.65. The van der Waals surface area contributed by atoms with Crippen molar-refractivity contribution >= 4 is 5.91 Å². The van der Waals surface area contributed by atoms with E-state index in [1.807, 2.05) is 6.07 Å². The number of nitrogens with zero attached hydrogens (tertiary/aromatic N) is 2. The highest BCUT2D eigenvalue weighted by molar-refractivity contribution is 5.94. The summed E-state index contributed by atoms with van der Waals surface area (Å²) in [5.41, 5.74) is 3.97. The molecule has 0 radical (unpaired) electrons. The first kappa shape index (κ1) is 17.4. The first-order valence-electron chi connectivity index (χ1n) is 9.01. The minimum Gasteiger partial charge on any atom is -0.350 e. The number of hydrogen-bond donors (Lipinski definition) is 1. The third-order valence-electron chi connectivity index (χ3n) is 4.80. The fraction of sp³-hybridized carbons (Fsp3) is 0.238. The molecular weight excluding hydrogens is 348 g/mol. The van der Waals surface area contributed by atoms with Crippen molar-refractivity contribution in [2.45, 2.75) is 25.7 Å². The predicted octanol–water partition coefficient (Wildman–Crippen LogP) is 3.61. The molecule has 1 aliphatic rings. The smallest absolute Gasteiger partial charge is 0.272 e. The Morgan fingerprint density at radius 2 is 1.89 bits per heavy atom. The van der Waals surface area contributed by atoms with Gasteiger partial charge in [-0.2, -0.15) is 5.10 Å². The molecule has 0 bridgehead atoms. The molecule has 0 atom stereocenters. The molecule has 0 spiro atoms. The number of nitrogens with one attached hydrogen (secondary N) is 1. The van der Waals surface area contributed by atoms with Crippen molar-refractivity contribution < 1.29 is 13.6 Å². The van der Waals surface area contributed by atoms with Crippen LogP contribution in [0.2, 0.25) is 0 Å². The molecule has 6 heteroatoms. The Hall–Kier alpha value is -3.02. The third-order valence-corrected chi connectivity index (χ3v) is 4.80. The van der Waals surface area contributed by atoms with Crippen LogP contribution in [0.3, 0.4) is 0 Å². The van der Waals surface area contributed by atoms with Crippen LogP contribution in [0.15, 0.2) is 48.5 Å². The van der Waals surface area contributed by atoms with Gasteiger partial charge in [-0.1, -0.05) is 12.1 Å². The summed E-state index contributed by atoms with van der Waals surface area (Å²) in [4.78, 5) is 12.6. The first-order valence-corrected chi connectivity index (χ1v) is 9.01. The van der Waals surface area contributed by atoms with Crippen molar-refractivity contribution in [2.75, 3.05) is 6.54 Å². The lowest BCUT2D eigenvalue weighted by Gasteiger charge is -2.06. The van der Waals surface area contributed by atoms with E-state index in [9.17, 15) is 13.6 Å². The molecule has 0 aliphatic heterocycles. The quantitative estimate of drug-likeness (QED) is 0.749. The molecule has 0 saturated carbocycles. The van der Waals surface area contributed by atoms with Gasteiger partial charge in [0.25, 0.3) is 5.91 Å². The van der Waals surface area contributed by atoms with Crippen molar-refractivity contribution in [3.8, 4) is 5.69 Å². The number of amides is 1. The van der Waals surface area contributed by atoms with E-state index in [4.69, 9.17) is 0 Å². The Balaban J connectivity index is 1.51. The normalized spacial score (nSPS) is 12.8. The lowest BCUT2D eigenvalue weighted by Crippen LogP contribution is -2.27. The predicted molar refractivity (Wildman–Crippen MR) is 98.0 cm³/mol. The molecule has 1 aromatic heterocycles. The number of rotatable bonds is 5. The van der Waals surface area contributed by atoms with E-state index in [0.717, 1.165) is 41.8 Å². The van der Waals surface area contributed by atoms with Gasteiger partial charge in [-0.25, -0.2) is 13.5 Å². The van der Waals surface area contributed by atoms with Crippen LogP contribution < -0.4 is 5.32 Å². The highest BCUT2D eigenvalue weighted by atomic mass is 19.1. The fourth-order valence-electron chi connectivity index (χ4n) is 3.51. The second kappa shape index (κ2) is 7.31. The maximum Gasteiger partial charge on any atom is 0.272 e. The molecule has 0 saturated heterocycles. The van der Waals surface area contributed by atoms with E-state index in [-0.39, 0.29) is 17.5 Å². The number of fused-ring (bicyclic) bond motifs is 1. The standard InChI is InChI=1S/C21H19F2N3O/c22-15-7-9-17(10-8-15)26-19-6-2-5-18(19)20(25-26)21(27)24-12-11-14-3-1-4-16(23)13-14/h1,3-4,7-10,13H,2,5-6,11-12H2,(H,24,27). The summed E-state index contributed by atoms with van der Waals surface area (Å²) in [5.74, 6) is -0.821. The summed E-state index contributed by atoms with van der Waals surface area (Å²) in [6.07, 6.45) is 3.17. The van der Waals surface area contributed by atoms with E-state index in [1.165, 1.54) is 24.3 Å². The number of aromatic nitrogens is 2. The zero-order valence-corrected chi connectivity index (χ0v) is 14.7. The van der Waals surface area contributed by atoms with E-state index in [0.29, 0.717) is 18.7 Å². The molecule has 27 heavy (non-hydrogen) atoms. The zero-order valence-electron chi connectivity index (χ0n) is 14.7. The number of carbonyl (C=O) groups excluding carboxylic acids is 1.